The smallest absolute Gasteiger partial charge is 0.431 e. The molecule has 0 saturated carbocycles. The molecule has 0 fully saturated rings. The van der Waals surface area contributed by atoms with Crippen LogP contribution >= 0.6 is 35.0 Å². The molecule has 1 N–H and O–H groups in total. The molecule has 28 heavy (non-hydrogen) atoms. The second-order valence-corrected chi connectivity index (χ2v) is 7.16. The monoisotopic (exact) mass is 452 g/mol. The molecule has 1 aliphatic rings. The van der Waals surface area contributed by atoms with E-state index in [0.717, 1.165) is 11.8 Å². The average Bonchev–Trinajstić information content (AvgIpc) is 3.05. The van der Waals surface area contributed by atoms with E-state index in [-0.39, 0.29) is 33.3 Å². The predicted octanol–water partition coefficient (Wildman–Crippen LogP) is 4.70. The number of esters is 1. The number of aromatic nitrogens is 3. The molecule has 1 unspecified atom stereocenters. The number of halogens is 5. The van der Waals surface area contributed by atoms with Gasteiger partial charge in [-0.25, -0.2) is 9.48 Å². The summed E-state index contributed by atoms with van der Waals surface area (Å²) in [5.41, 5.74) is -1.62. The zero-order valence-electron chi connectivity index (χ0n) is 14.5. The van der Waals surface area contributed by atoms with Crippen molar-refractivity contribution in [3.63, 3.8) is 0 Å². The quantitative estimate of drug-likeness (QED) is 0.535. The Morgan fingerprint density at radius 3 is 2.64 bits per heavy atom. The first kappa shape index (κ1) is 20.8. The number of fused-ring (bicyclic) bond motifs is 1. The third kappa shape index (κ3) is 3.81. The van der Waals surface area contributed by atoms with Crippen molar-refractivity contribution < 1.29 is 22.7 Å². The van der Waals surface area contributed by atoms with Crippen molar-refractivity contribution in [3.05, 3.63) is 45.1 Å². The van der Waals surface area contributed by atoms with E-state index < -0.39 is 29.5 Å². The van der Waals surface area contributed by atoms with Gasteiger partial charge in [-0.1, -0.05) is 41.0 Å². The molecule has 3 rings (SSSR count). The van der Waals surface area contributed by atoms with E-state index in [1.807, 2.05) is 0 Å². The molecular weight excluding hydrogens is 440 g/mol. The molecule has 6 nitrogen and oxygen atoms in total. The Morgan fingerprint density at radius 1 is 1.36 bits per heavy atom. The van der Waals surface area contributed by atoms with Gasteiger partial charge < -0.3 is 10.1 Å². The van der Waals surface area contributed by atoms with Gasteiger partial charge >= 0.3 is 12.1 Å². The maximum absolute atomic E-state index is 13.8. The van der Waals surface area contributed by atoms with Crippen LogP contribution in [0.3, 0.4) is 0 Å². The Kier molecular flexibility index (Phi) is 5.83. The fourth-order valence-corrected chi connectivity index (χ4v) is 3.38. The Hall–Kier alpha value is -1.91. The first-order valence-corrected chi connectivity index (χ1v) is 9.86. The second kappa shape index (κ2) is 7.84. The molecule has 1 aliphatic heterocycles. The highest BCUT2D eigenvalue weighted by Crippen LogP contribution is 2.42. The molecule has 0 aliphatic carbocycles. The summed E-state index contributed by atoms with van der Waals surface area (Å²) in [6.45, 7) is 1.41. The van der Waals surface area contributed by atoms with Crippen LogP contribution in [0.15, 0.2) is 34.6 Å². The molecule has 0 radical (unpaired) electrons. The third-order valence-corrected chi connectivity index (χ3v) is 5.13. The number of carbonyl (C=O) groups excluding carboxylic acids is 1. The highest BCUT2D eigenvalue weighted by Gasteiger charge is 2.46. The third-order valence-electron chi connectivity index (χ3n) is 3.86. The van der Waals surface area contributed by atoms with Crippen molar-refractivity contribution in [2.24, 2.45) is 0 Å². The fourth-order valence-electron chi connectivity index (χ4n) is 2.73. The number of thioether (sulfide) groups is 1. The Morgan fingerprint density at radius 2 is 2.07 bits per heavy atom. The van der Waals surface area contributed by atoms with Gasteiger partial charge in [-0.2, -0.15) is 18.2 Å². The number of hydrogen-bond donors (Lipinski definition) is 1. The number of hydrogen-bond acceptors (Lipinski definition) is 6. The first-order valence-electron chi connectivity index (χ1n) is 7.88. The molecule has 0 amide bonds. The van der Waals surface area contributed by atoms with Gasteiger partial charge in [0.25, 0.3) is 0 Å². The summed E-state index contributed by atoms with van der Waals surface area (Å²) in [6, 6.07) is 3.04. The van der Waals surface area contributed by atoms with Crippen LogP contribution in [0.25, 0.3) is 0 Å². The van der Waals surface area contributed by atoms with Crippen LogP contribution in [0, 0.1) is 0 Å². The van der Waals surface area contributed by atoms with Crippen LogP contribution in [0.1, 0.15) is 18.5 Å². The SMILES string of the molecule is CCOC(=O)C1=C(C(F)(F)F)Nc2nc(SC)nn2C1c1ccc(Cl)c(Cl)c1. The van der Waals surface area contributed by atoms with E-state index in [9.17, 15) is 18.0 Å². The molecular formula is C16H13Cl2F3N4O2S. The number of rotatable bonds is 4. The van der Waals surface area contributed by atoms with E-state index in [0.29, 0.717) is 0 Å². The summed E-state index contributed by atoms with van der Waals surface area (Å²) in [6.07, 6.45) is -3.17. The Bertz CT molecular complexity index is 962. The number of anilines is 1. The number of benzene rings is 1. The van der Waals surface area contributed by atoms with Gasteiger partial charge in [-0.3, -0.25) is 0 Å². The minimum absolute atomic E-state index is 0.0954. The summed E-state index contributed by atoms with van der Waals surface area (Å²) in [4.78, 5) is 16.6. The van der Waals surface area contributed by atoms with Crippen molar-refractivity contribution >= 4 is 46.9 Å². The van der Waals surface area contributed by atoms with Crippen molar-refractivity contribution in [1.82, 2.24) is 14.8 Å². The summed E-state index contributed by atoms with van der Waals surface area (Å²) < 4.78 is 47.4. The van der Waals surface area contributed by atoms with E-state index >= 15 is 0 Å². The van der Waals surface area contributed by atoms with Gasteiger partial charge in [-0.15, -0.1) is 5.10 Å². The number of carbonyl (C=O) groups is 1. The molecule has 1 aromatic carbocycles. The standard InChI is InChI=1S/C16H13Cl2F3N4O2S/c1-3-27-13(26)10-11(7-4-5-8(17)9(18)6-7)25-14(23-15(24-25)28-2)22-12(10)16(19,20)21/h4-6,11H,3H2,1-2H3,(H,22,23,24). The lowest BCUT2D eigenvalue weighted by Gasteiger charge is -2.30. The molecule has 0 spiro atoms. The van der Waals surface area contributed by atoms with Gasteiger partial charge in [0.1, 0.15) is 11.7 Å². The number of ether oxygens (including phenoxy) is 1. The van der Waals surface area contributed by atoms with Gasteiger partial charge in [-0.05, 0) is 30.9 Å². The number of allylic oxidation sites excluding steroid dienone is 1. The summed E-state index contributed by atoms with van der Waals surface area (Å²) in [7, 11) is 0. The van der Waals surface area contributed by atoms with E-state index in [1.165, 1.54) is 29.8 Å². The van der Waals surface area contributed by atoms with E-state index in [1.54, 1.807) is 6.26 Å². The molecule has 2 heterocycles. The molecule has 2 aromatic rings. The molecule has 0 bridgehead atoms. The van der Waals surface area contributed by atoms with Crippen LogP contribution in [0.5, 0.6) is 0 Å². The van der Waals surface area contributed by atoms with Gasteiger partial charge in [0.05, 0.1) is 22.2 Å². The van der Waals surface area contributed by atoms with Gasteiger partial charge in [0.2, 0.25) is 11.1 Å². The average molecular weight is 453 g/mol. The molecule has 12 heteroatoms. The number of nitrogens with one attached hydrogen (secondary N) is 1. The second-order valence-electron chi connectivity index (χ2n) is 5.57. The Labute approximate surface area is 172 Å². The zero-order valence-corrected chi connectivity index (χ0v) is 16.8. The summed E-state index contributed by atoms with van der Waals surface area (Å²) >= 11 is 13.1. The Balaban J connectivity index is 2.30. The minimum Gasteiger partial charge on any atom is -0.463 e. The lowest BCUT2D eigenvalue weighted by atomic mass is 9.95. The van der Waals surface area contributed by atoms with Crippen molar-refractivity contribution in [2.45, 2.75) is 24.3 Å². The topological polar surface area (TPSA) is 69.0 Å². The lowest BCUT2D eigenvalue weighted by molar-refractivity contribution is -0.140. The molecule has 150 valence electrons. The van der Waals surface area contributed by atoms with E-state index in [2.05, 4.69) is 15.4 Å². The lowest BCUT2D eigenvalue weighted by Crippen LogP contribution is -2.35. The normalized spacial score (nSPS) is 16.6. The van der Waals surface area contributed by atoms with Crippen LogP contribution in [0.4, 0.5) is 19.1 Å². The largest absolute Gasteiger partial charge is 0.463 e. The molecule has 0 saturated heterocycles. The van der Waals surface area contributed by atoms with Crippen LogP contribution < -0.4 is 5.32 Å². The maximum Gasteiger partial charge on any atom is 0.431 e. The number of nitrogens with zero attached hydrogens (tertiary/aromatic N) is 3. The van der Waals surface area contributed by atoms with Crippen LogP contribution in [0.2, 0.25) is 10.0 Å². The maximum atomic E-state index is 13.8. The summed E-state index contributed by atoms with van der Waals surface area (Å²) in [5.74, 6) is -1.27. The number of alkyl halides is 3. The van der Waals surface area contributed by atoms with Gasteiger partial charge in [0, 0.05) is 0 Å². The van der Waals surface area contributed by atoms with Crippen molar-refractivity contribution in [2.75, 3.05) is 18.2 Å². The van der Waals surface area contributed by atoms with Crippen molar-refractivity contribution in [1.29, 1.82) is 0 Å². The van der Waals surface area contributed by atoms with Crippen LogP contribution in [-0.4, -0.2) is 39.8 Å². The van der Waals surface area contributed by atoms with Gasteiger partial charge in [0.15, 0.2) is 0 Å². The zero-order chi connectivity index (χ0) is 20.6. The van der Waals surface area contributed by atoms with Crippen molar-refractivity contribution in [3.8, 4) is 0 Å². The van der Waals surface area contributed by atoms with Crippen LogP contribution in [-0.2, 0) is 9.53 Å². The van der Waals surface area contributed by atoms with E-state index in [4.69, 9.17) is 27.9 Å². The first-order chi connectivity index (χ1) is 13.2. The molecule has 1 atom stereocenters. The highest BCUT2D eigenvalue weighted by molar-refractivity contribution is 7.98. The molecule has 1 aromatic heterocycles. The predicted molar refractivity (Wildman–Crippen MR) is 99.7 cm³/mol. The highest BCUT2D eigenvalue weighted by atomic mass is 35.5. The fraction of sp³-hybridized carbons (Fsp3) is 0.312. The minimum atomic E-state index is -4.85. The summed E-state index contributed by atoms with van der Waals surface area (Å²) in [5, 5.41) is 6.97.